The van der Waals surface area contributed by atoms with Gasteiger partial charge in [-0.1, -0.05) is 11.6 Å². The Hall–Kier alpha value is -1.95. The third-order valence-corrected chi connectivity index (χ3v) is 2.75. The van der Waals surface area contributed by atoms with Crippen molar-refractivity contribution in [1.29, 1.82) is 0 Å². The number of alkyl halides is 3. The lowest BCUT2D eigenvalue weighted by atomic mass is 10.2. The van der Waals surface area contributed by atoms with Gasteiger partial charge in [-0.25, -0.2) is 4.39 Å². The van der Waals surface area contributed by atoms with Crippen molar-refractivity contribution in [3.63, 3.8) is 0 Å². The van der Waals surface area contributed by atoms with Crippen molar-refractivity contribution in [3.8, 4) is 11.5 Å². The SMILES string of the molecule is Nc1cc(Cl)c(F)cc1Oc1ccc(C(F)(F)F)cc1. The molecule has 0 saturated carbocycles. The van der Waals surface area contributed by atoms with Crippen LogP contribution in [0, 0.1) is 5.82 Å². The minimum atomic E-state index is -4.43. The Kier molecular flexibility index (Phi) is 3.76. The summed E-state index contributed by atoms with van der Waals surface area (Å²) in [5.74, 6) is -0.652. The van der Waals surface area contributed by atoms with Crippen molar-refractivity contribution < 1.29 is 22.3 Å². The summed E-state index contributed by atoms with van der Waals surface area (Å²) in [5.41, 5.74) is 4.86. The first-order chi connectivity index (χ1) is 9.27. The average molecular weight is 306 g/mol. The van der Waals surface area contributed by atoms with E-state index in [1.54, 1.807) is 0 Å². The lowest BCUT2D eigenvalue weighted by molar-refractivity contribution is -0.137. The Morgan fingerprint density at radius 1 is 1.05 bits per heavy atom. The lowest BCUT2D eigenvalue weighted by Crippen LogP contribution is -2.04. The predicted octanol–water partition coefficient (Wildman–Crippen LogP) is 4.87. The minimum Gasteiger partial charge on any atom is -0.455 e. The van der Waals surface area contributed by atoms with Gasteiger partial charge in [-0.15, -0.1) is 0 Å². The summed E-state index contributed by atoms with van der Waals surface area (Å²) in [6.45, 7) is 0. The number of anilines is 1. The Labute approximate surface area is 116 Å². The number of hydrogen-bond acceptors (Lipinski definition) is 2. The second-order valence-electron chi connectivity index (χ2n) is 3.93. The fraction of sp³-hybridized carbons (Fsp3) is 0.0769. The Bertz CT molecular complexity index is 626. The topological polar surface area (TPSA) is 35.2 Å². The van der Waals surface area contributed by atoms with Gasteiger partial charge >= 0.3 is 6.18 Å². The molecule has 0 amide bonds. The van der Waals surface area contributed by atoms with Crippen LogP contribution in [0.15, 0.2) is 36.4 Å². The number of nitrogens with two attached hydrogens (primary N) is 1. The fourth-order valence-corrected chi connectivity index (χ4v) is 1.64. The maximum atomic E-state index is 13.3. The van der Waals surface area contributed by atoms with Gasteiger partial charge in [0.2, 0.25) is 0 Å². The molecular weight excluding hydrogens is 298 g/mol. The van der Waals surface area contributed by atoms with E-state index < -0.39 is 17.6 Å². The van der Waals surface area contributed by atoms with Gasteiger partial charge in [-0.05, 0) is 30.3 Å². The number of hydrogen-bond donors (Lipinski definition) is 1. The van der Waals surface area contributed by atoms with Gasteiger partial charge in [0.15, 0.2) is 5.75 Å². The number of rotatable bonds is 2. The van der Waals surface area contributed by atoms with E-state index in [9.17, 15) is 17.6 Å². The van der Waals surface area contributed by atoms with Crippen molar-refractivity contribution in [2.24, 2.45) is 0 Å². The average Bonchev–Trinajstić information content (AvgIpc) is 2.35. The highest BCUT2D eigenvalue weighted by atomic mass is 35.5. The van der Waals surface area contributed by atoms with Gasteiger partial charge in [0.05, 0.1) is 16.3 Å². The van der Waals surface area contributed by atoms with E-state index in [4.69, 9.17) is 22.1 Å². The summed E-state index contributed by atoms with van der Waals surface area (Å²) in [5, 5.41) is -0.165. The second-order valence-corrected chi connectivity index (χ2v) is 4.34. The van der Waals surface area contributed by atoms with Crippen LogP contribution in [-0.4, -0.2) is 0 Å². The van der Waals surface area contributed by atoms with Crippen LogP contribution in [0.1, 0.15) is 5.56 Å². The molecule has 0 atom stereocenters. The number of benzene rings is 2. The van der Waals surface area contributed by atoms with Gasteiger partial charge in [-0.3, -0.25) is 0 Å². The highest BCUT2D eigenvalue weighted by Crippen LogP contribution is 2.34. The van der Waals surface area contributed by atoms with Gasteiger partial charge in [0, 0.05) is 6.07 Å². The minimum absolute atomic E-state index is 0.0216. The van der Waals surface area contributed by atoms with E-state index in [1.165, 1.54) is 0 Å². The molecule has 0 radical (unpaired) electrons. The largest absolute Gasteiger partial charge is 0.455 e. The summed E-state index contributed by atoms with van der Waals surface area (Å²) in [6, 6.07) is 6.09. The van der Waals surface area contributed by atoms with Gasteiger partial charge < -0.3 is 10.5 Å². The normalized spacial score (nSPS) is 11.4. The van der Waals surface area contributed by atoms with Crippen molar-refractivity contribution in [3.05, 3.63) is 52.8 Å². The molecule has 0 saturated heterocycles. The van der Waals surface area contributed by atoms with E-state index in [-0.39, 0.29) is 22.2 Å². The fourth-order valence-electron chi connectivity index (χ4n) is 1.47. The second kappa shape index (κ2) is 5.20. The maximum absolute atomic E-state index is 13.3. The van der Waals surface area contributed by atoms with Crippen LogP contribution < -0.4 is 10.5 Å². The van der Waals surface area contributed by atoms with E-state index >= 15 is 0 Å². The Morgan fingerprint density at radius 2 is 1.65 bits per heavy atom. The van der Waals surface area contributed by atoms with Gasteiger partial charge in [0.25, 0.3) is 0 Å². The summed E-state index contributed by atoms with van der Waals surface area (Å²) in [7, 11) is 0. The number of halogens is 5. The highest BCUT2D eigenvalue weighted by molar-refractivity contribution is 6.31. The monoisotopic (exact) mass is 305 g/mol. The molecule has 106 valence electrons. The molecule has 0 aromatic heterocycles. The summed E-state index contributed by atoms with van der Waals surface area (Å²) in [6.07, 6.45) is -4.43. The molecule has 2 nitrogen and oxygen atoms in total. The quantitative estimate of drug-likeness (QED) is 0.634. The molecule has 0 fully saturated rings. The van der Waals surface area contributed by atoms with Crippen molar-refractivity contribution in [2.75, 3.05) is 5.73 Å². The molecule has 2 rings (SSSR count). The van der Waals surface area contributed by atoms with Crippen LogP contribution in [-0.2, 0) is 6.18 Å². The number of ether oxygens (including phenoxy) is 1. The van der Waals surface area contributed by atoms with Crippen LogP contribution in [0.5, 0.6) is 11.5 Å². The Balaban J connectivity index is 2.25. The molecule has 0 unspecified atom stereocenters. The molecule has 7 heteroatoms. The van der Waals surface area contributed by atoms with Crippen molar-refractivity contribution in [1.82, 2.24) is 0 Å². The molecule has 20 heavy (non-hydrogen) atoms. The molecule has 0 aliphatic carbocycles. The van der Waals surface area contributed by atoms with Crippen LogP contribution >= 0.6 is 11.6 Å². The van der Waals surface area contributed by atoms with Gasteiger partial charge in [-0.2, -0.15) is 13.2 Å². The molecular formula is C13H8ClF4NO. The first-order valence-electron chi connectivity index (χ1n) is 5.37. The number of nitrogen functional groups attached to an aromatic ring is 1. The molecule has 0 spiro atoms. The Morgan fingerprint density at radius 3 is 2.20 bits per heavy atom. The van der Waals surface area contributed by atoms with Crippen molar-refractivity contribution >= 4 is 17.3 Å². The lowest BCUT2D eigenvalue weighted by Gasteiger charge is -2.11. The van der Waals surface area contributed by atoms with Gasteiger partial charge in [0.1, 0.15) is 11.6 Å². The molecule has 0 aliphatic rings. The molecule has 2 aromatic carbocycles. The van der Waals surface area contributed by atoms with Crippen molar-refractivity contribution in [2.45, 2.75) is 6.18 Å². The van der Waals surface area contributed by atoms with Crippen LogP contribution in [0.3, 0.4) is 0 Å². The maximum Gasteiger partial charge on any atom is 0.416 e. The van der Waals surface area contributed by atoms with E-state index in [0.29, 0.717) is 0 Å². The predicted molar refractivity (Wildman–Crippen MR) is 67.3 cm³/mol. The third kappa shape index (κ3) is 3.14. The summed E-state index contributed by atoms with van der Waals surface area (Å²) in [4.78, 5) is 0. The smallest absolute Gasteiger partial charge is 0.416 e. The zero-order valence-corrected chi connectivity index (χ0v) is 10.6. The zero-order valence-electron chi connectivity index (χ0n) is 9.84. The summed E-state index contributed by atoms with van der Waals surface area (Å²) >= 11 is 5.52. The molecule has 0 bridgehead atoms. The zero-order chi connectivity index (χ0) is 14.9. The van der Waals surface area contributed by atoms with Crippen LogP contribution in [0.2, 0.25) is 5.02 Å². The third-order valence-electron chi connectivity index (χ3n) is 2.46. The van der Waals surface area contributed by atoms with E-state index in [0.717, 1.165) is 36.4 Å². The molecule has 2 aromatic rings. The first-order valence-corrected chi connectivity index (χ1v) is 5.75. The van der Waals surface area contributed by atoms with Crippen LogP contribution in [0.25, 0.3) is 0 Å². The van der Waals surface area contributed by atoms with E-state index in [1.807, 2.05) is 0 Å². The molecule has 2 N–H and O–H groups in total. The molecule has 0 heterocycles. The van der Waals surface area contributed by atoms with Crippen LogP contribution in [0.4, 0.5) is 23.2 Å². The van der Waals surface area contributed by atoms with E-state index in [2.05, 4.69) is 0 Å². The molecule has 0 aliphatic heterocycles. The summed E-state index contributed by atoms with van der Waals surface area (Å²) < 4.78 is 55.6. The highest BCUT2D eigenvalue weighted by Gasteiger charge is 2.30. The first kappa shape index (κ1) is 14.5. The standard InChI is InChI=1S/C13H8ClF4NO/c14-9-5-11(19)12(6-10(9)15)20-8-3-1-7(2-4-8)13(16,17)18/h1-6H,19H2.